The lowest BCUT2D eigenvalue weighted by Gasteiger charge is -2.34. The molecule has 40 heavy (non-hydrogen) atoms. The lowest BCUT2D eigenvalue weighted by atomic mass is 10.1. The molecule has 2 aliphatic heterocycles. The first-order valence-corrected chi connectivity index (χ1v) is 12.5. The molecule has 3 heterocycles. The quantitative estimate of drug-likeness (QED) is 0.301. The minimum atomic E-state index is -4.72. The van der Waals surface area contributed by atoms with Crippen LogP contribution in [-0.2, 0) is 13.1 Å². The van der Waals surface area contributed by atoms with E-state index in [1.54, 1.807) is 45.9 Å². The van der Waals surface area contributed by atoms with E-state index in [9.17, 15) is 28.1 Å². The van der Waals surface area contributed by atoms with E-state index in [0.717, 1.165) is 5.56 Å². The van der Waals surface area contributed by atoms with Crippen molar-refractivity contribution in [2.75, 3.05) is 32.8 Å². The Labute approximate surface area is 226 Å². The number of rotatable bonds is 8. The molecular formula is C26H26F3N5O6. The van der Waals surface area contributed by atoms with Crippen LogP contribution in [0.5, 0.6) is 17.5 Å². The standard InChI is InChI=1S/C26H26F3N5O6/c1-25(16-33-15-22(34(36)37)30-24(33)40-25)17-38-20-8-4-19(5-9-20)23(35)32-12-10-31(11-13-32)14-18-2-6-21(7-3-18)39-26(27,28)29/h2-9,15H,10-14,16-17H2,1H3/t25-/m1/s1. The summed E-state index contributed by atoms with van der Waals surface area (Å²) in [6, 6.07) is 12.8. The Hall–Kier alpha value is -4.33. The summed E-state index contributed by atoms with van der Waals surface area (Å²) in [4.78, 5) is 31.1. The van der Waals surface area contributed by atoms with Gasteiger partial charge in [-0.2, -0.15) is 0 Å². The van der Waals surface area contributed by atoms with E-state index in [1.165, 1.54) is 18.3 Å². The maximum Gasteiger partial charge on any atom is 0.573 e. The van der Waals surface area contributed by atoms with Crippen LogP contribution in [-0.4, -0.2) is 74.9 Å². The average Bonchev–Trinajstić information content (AvgIpc) is 3.44. The smallest absolute Gasteiger partial charge is 0.489 e. The zero-order valence-electron chi connectivity index (χ0n) is 21.5. The summed E-state index contributed by atoms with van der Waals surface area (Å²) in [7, 11) is 0. The van der Waals surface area contributed by atoms with Crippen molar-refractivity contribution in [1.29, 1.82) is 0 Å². The second kappa shape index (κ2) is 10.7. The molecule has 212 valence electrons. The molecule has 1 aromatic heterocycles. The number of amides is 1. The van der Waals surface area contributed by atoms with Gasteiger partial charge in [0, 0.05) is 43.3 Å². The highest BCUT2D eigenvalue weighted by atomic mass is 19.4. The topological polar surface area (TPSA) is 112 Å². The molecule has 3 aromatic rings. The van der Waals surface area contributed by atoms with Gasteiger partial charge in [0.1, 0.15) is 24.3 Å². The van der Waals surface area contributed by atoms with Crippen LogP contribution in [0, 0.1) is 10.1 Å². The number of nitro groups is 1. The van der Waals surface area contributed by atoms with Gasteiger partial charge in [0.2, 0.25) is 0 Å². The molecule has 0 unspecified atom stereocenters. The van der Waals surface area contributed by atoms with Gasteiger partial charge in [0.05, 0.1) is 6.54 Å². The fourth-order valence-electron chi connectivity index (χ4n) is 4.63. The number of ether oxygens (including phenoxy) is 3. The summed E-state index contributed by atoms with van der Waals surface area (Å²) in [6.07, 6.45) is -3.39. The Morgan fingerprint density at radius 2 is 1.73 bits per heavy atom. The van der Waals surface area contributed by atoms with E-state index >= 15 is 0 Å². The van der Waals surface area contributed by atoms with Gasteiger partial charge in [-0.05, 0) is 53.8 Å². The van der Waals surface area contributed by atoms with Crippen molar-refractivity contribution in [3.05, 3.63) is 76.0 Å². The molecule has 14 heteroatoms. The predicted molar refractivity (Wildman–Crippen MR) is 134 cm³/mol. The second-order valence-corrected chi connectivity index (χ2v) is 9.89. The average molecular weight is 562 g/mol. The fraction of sp³-hybridized carbons (Fsp3) is 0.385. The van der Waals surface area contributed by atoms with Crippen LogP contribution in [0.1, 0.15) is 22.8 Å². The summed E-state index contributed by atoms with van der Waals surface area (Å²) in [5, 5.41) is 10.9. The lowest BCUT2D eigenvalue weighted by Crippen LogP contribution is -2.48. The third kappa shape index (κ3) is 6.45. The Bertz CT molecular complexity index is 1350. The Morgan fingerprint density at radius 1 is 1.07 bits per heavy atom. The number of halogens is 3. The molecule has 1 atom stereocenters. The summed E-state index contributed by atoms with van der Waals surface area (Å²) in [5.41, 5.74) is 0.634. The Kier molecular flexibility index (Phi) is 7.27. The van der Waals surface area contributed by atoms with Gasteiger partial charge in [-0.25, -0.2) is 0 Å². The molecule has 0 saturated carbocycles. The lowest BCUT2D eigenvalue weighted by molar-refractivity contribution is -0.389. The van der Waals surface area contributed by atoms with Gasteiger partial charge in [0.25, 0.3) is 5.91 Å². The van der Waals surface area contributed by atoms with Gasteiger partial charge < -0.3 is 29.2 Å². The maximum absolute atomic E-state index is 13.0. The van der Waals surface area contributed by atoms with Gasteiger partial charge in [-0.1, -0.05) is 12.1 Å². The zero-order chi connectivity index (χ0) is 28.5. The van der Waals surface area contributed by atoms with Crippen molar-refractivity contribution in [1.82, 2.24) is 19.4 Å². The number of carbonyl (C=O) groups is 1. The van der Waals surface area contributed by atoms with Crippen molar-refractivity contribution in [3.8, 4) is 17.5 Å². The fourth-order valence-corrected chi connectivity index (χ4v) is 4.63. The van der Waals surface area contributed by atoms with Crippen LogP contribution >= 0.6 is 0 Å². The monoisotopic (exact) mass is 561 g/mol. The van der Waals surface area contributed by atoms with Crippen molar-refractivity contribution < 1.29 is 37.1 Å². The highest BCUT2D eigenvalue weighted by Gasteiger charge is 2.41. The number of nitrogens with zero attached hydrogens (tertiary/aromatic N) is 5. The van der Waals surface area contributed by atoms with Gasteiger partial charge >= 0.3 is 18.2 Å². The maximum atomic E-state index is 13.0. The van der Waals surface area contributed by atoms with Gasteiger partial charge in [0.15, 0.2) is 5.60 Å². The molecule has 1 fully saturated rings. The summed E-state index contributed by atoms with van der Waals surface area (Å²) in [5.74, 6) is -0.0794. The molecule has 5 rings (SSSR count). The molecule has 0 spiro atoms. The van der Waals surface area contributed by atoms with Crippen LogP contribution in [0.15, 0.2) is 54.7 Å². The number of piperazine rings is 1. The first-order valence-electron chi connectivity index (χ1n) is 12.5. The van der Waals surface area contributed by atoms with E-state index in [4.69, 9.17) is 9.47 Å². The molecule has 0 aliphatic carbocycles. The minimum absolute atomic E-state index is 0.0991. The van der Waals surface area contributed by atoms with Crippen LogP contribution < -0.4 is 14.2 Å². The highest BCUT2D eigenvalue weighted by molar-refractivity contribution is 5.94. The number of hydrogen-bond acceptors (Lipinski definition) is 8. The van der Waals surface area contributed by atoms with Crippen LogP contribution in [0.2, 0.25) is 0 Å². The van der Waals surface area contributed by atoms with Crippen molar-refractivity contribution in [2.24, 2.45) is 0 Å². The first kappa shape index (κ1) is 27.2. The molecule has 2 aliphatic rings. The summed E-state index contributed by atoms with van der Waals surface area (Å²) < 4.78 is 54.1. The predicted octanol–water partition coefficient (Wildman–Crippen LogP) is 3.88. The Morgan fingerprint density at radius 3 is 2.33 bits per heavy atom. The third-order valence-corrected chi connectivity index (χ3v) is 6.62. The summed E-state index contributed by atoms with van der Waals surface area (Å²) in [6.45, 7) is 5.22. The van der Waals surface area contributed by atoms with Crippen LogP contribution in [0.25, 0.3) is 0 Å². The van der Waals surface area contributed by atoms with E-state index in [0.29, 0.717) is 50.6 Å². The molecule has 11 nitrogen and oxygen atoms in total. The van der Waals surface area contributed by atoms with E-state index in [-0.39, 0.29) is 30.1 Å². The molecular weight excluding hydrogens is 535 g/mol. The van der Waals surface area contributed by atoms with Gasteiger partial charge in [-0.3, -0.25) is 14.3 Å². The largest absolute Gasteiger partial charge is 0.573 e. The van der Waals surface area contributed by atoms with Crippen molar-refractivity contribution in [3.63, 3.8) is 0 Å². The molecule has 0 N–H and O–H groups in total. The van der Waals surface area contributed by atoms with Crippen molar-refractivity contribution >= 4 is 11.7 Å². The van der Waals surface area contributed by atoms with E-state index in [2.05, 4.69) is 14.6 Å². The second-order valence-electron chi connectivity index (χ2n) is 9.89. The number of aromatic nitrogens is 2. The molecule has 1 saturated heterocycles. The Balaban J connectivity index is 1.07. The zero-order valence-corrected chi connectivity index (χ0v) is 21.5. The number of carbonyl (C=O) groups excluding carboxylic acids is 1. The van der Waals surface area contributed by atoms with E-state index in [1.807, 2.05) is 6.92 Å². The number of alkyl halides is 3. The number of imidazole rings is 1. The molecule has 1 amide bonds. The summed E-state index contributed by atoms with van der Waals surface area (Å²) >= 11 is 0. The van der Waals surface area contributed by atoms with E-state index < -0.39 is 16.9 Å². The number of hydrogen-bond donors (Lipinski definition) is 0. The van der Waals surface area contributed by atoms with Crippen LogP contribution in [0.4, 0.5) is 19.0 Å². The van der Waals surface area contributed by atoms with Crippen LogP contribution in [0.3, 0.4) is 0 Å². The van der Waals surface area contributed by atoms with Crippen molar-refractivity contribution in [2.45, 2.75) is 32.0 Å². The molecule has 0 radical (unpaired) electrons. The first-order chi connectivity index (χ1) is 19.0. The number of fused-ring (bicyclic) bond motifs is 1. The molecule has 2 aromatic carbocycles. The SMILES string of the molecule is C[C@]1(COc2ccc(C(=O)N3CCN(Cc4ccc(OC(F)(F)F)cc4)CC3)cc2)Cn2cc([N+](=O)[O-])nc2O1. The molecule has 0 bridgehead atoms. The minimum Gasteiger partial charge on any atom is -0.489 e. The number of benzene rings is 2. The third-order valence-electron chi connectivity index (χ3n) is 6.62. The highest BCUT2D eigenvalue weighted by Crippen LogP contribution is 2.31. The van der Waals surface area contributed by atoms with Gasteiger partial charge in [-0.15, -0.1) is 13.2 Å². The normalized spacial score (nSPS) is 19.1.